The van der Waals surface area contributed by atoms with E-state index in [9.17, 15) is 0 Å². The van der Waals surface area contributed by atoms with Crippen LogP contribution in [0.2, 0.25) is 0 Å². The average molecular weight is 178 g/mol. The van der Waals surface area contributed by atoms with Crippen molar-refractivity contribution in [1.29, 1.82) is 0 Å². The second-order valence-corrected chi connectivity index (χ2v) is 3.27. The Morgan fingerprint density at radius 2 is 2.46 bits per heavy atom. The summed E-state index contributed by atoms with van der Waals surface area (Å²) in [5, 5.41) is 3.34. The molecule has 1 aliphatic rings. The number of hydrogen-bond acceptors (Lipinski definition) is 3. The van der Waals surface area contributed by atoms with Gasteiger partial charge in [0.15, 0.2) is 0 Å². The topological polar surface area (TPSA) is 34.1 Å². The number of nitrogens with one attached hydrogen (secondary N) is 1. The maximum absolute atomic E-state index is 5.36. The Labute approximate surface area is 78.1 Å². The minimum absolute atomic E-state index is 0.434. The summed E-state index contributed by atoms with van der Waals surface area (Å²) in [6, 6.07) is 6.32. The normalized spacial score (nSPS) is 22.6. The Morgan fingerprint density at radius 3 is 3.15 bits per heavy atom. The Hall–Kier alpha value is -1.09. The summed E-state index contributed by atoms with van der Waals surface area (Å²) in [6.45, 7) is 1.71. The molecule has 3 nitrogen and oxygen atoms in total. The van der Waals surface area contributed by atoms with Gasteiger partial charge < -0.3 is 10.1 Å². The first-order valence-corrected chi connectivity index (χ1v) is 4.70. The summed E-state index contributed by atoms with van der Waals surface area (Å²) in [7, 11) is 0. The number of hydrogen-bond donors (Lipinski definition) is 1. The molecule has 1 N–H and O–H groups in total. The van der Waals surface area contributed by atoms with E-state index in [-0.39, 0.29) is 0 Å². The molecule has 2 heterocycles. The Balaban J connectivity index is 1.90. The molecule has 1 atom stereocenters. The van der Waals surface area contributed by atoms with Gasteiger partial charge in [-0.05, 0) is 25.0 Å². The summed E-state index contributed by atoms with van der Waals surface area (Å²) < 4.78 is 5.36. The van der Waals surface area contributed by atoms with Gasteiger partial charge in [0.2, 0.25) is 0 Å². The molecule has 1 aromatic heterocycles. The second kappa shape index (κ2) is 4.23. The van der Waals surface area contributed by atoms with Crippen LogP contribution in [0.4, 0.5) is 5.82 Å². The smallest absolute Gasteiger partial charge is 0.126 e. The Morgan fingerprint density at radius 1 is 1.46 bits per heavy atom. The molecule has 0 aromatic carbocycles. The highest BCUT2D eigenvalue weighted by molar-refractivity contribution is 5.34. The van der Waals surface area contributed by atoms with Crippen molar-refractivity contribution in [3.63, 3.8) is 0 Å². The number of pyridine rings is 1. The first-order valence-electron chi connectivity index (χ1n) is 4.70. The molecule has 0 bridgehead atoms. The standard InChI is InChI=1S/C10H14N2O/c1-2-6-11-10(5-1)12-9-4-3-7-13-8-9/h1-2,5-6,9H,3-4,7-8H2,(H,11,12). The zero-order valence-electron chi connectivity index (χ0n) is 7.57. The second-order valence-electron chi connectivity index (χ2n) is 3.27. The molecule has 1 aliphatic heterocycles. The lowest BCUT2D eigenvalue weighted by atomic mass is 10.1. The van der Waals surface area contributed by atoms with E-state index in [2.05, 4.69) is 10.3 Å². The van der Waals surface area contributed by atoms with Gasteiger partial charge in [0.1, 0.15) is 5.82 Å². The monoisotopic (exact) mass is 178 g/mol. The lowest BCUT2D eigenvalue weighted by molar-refractivity contribution is 0.0875. The van der Waals surface area contributed by atoms with Crippen LogP contribution in [0.5, 0.6) is 0 Å². The van der Waals surface area contributed by atoms with Crippen LogP contribution in [0.15, 0.2) is 24.4 Å². The first kappa shape index (κ1) is 8.51. The van der Waals surface area contributed by atoms with Crippen LogP contribution in [0.1, 0.15) is 12.8 Å². The quantitative estimate of drug-likeness (QED) is 0.748. The fraction of sp³-hybridized carbons (Fsp3) is 0.500. The molecule has 0 radical (unpaired) electrons. The van der Waals surface area contributed by atoms with E-state index in [1.54, 1.807) is 6.20 Å². The van der Waals surface area contributed by atoms with Crippen molar-refractivity contribution >= 4 is 5.82 Å². The summed E-state index contributed by atoms with van der Waals surface area (Å²) in [5.41, 5.74) is 0. The van der Waals surface area contributed by atoms with Gasteiger partial charge in [-0.1, -0.05) is 6.07 Å². The molecule has 1 unspecified atom stereocenters. The maximum Gasteiger partial charge on any atom is 0.126 e. The fourth-order valence-corrected chi connectivity index (χ4v) is 1.51. The minimum Gasteiger partial charge on any atom is -0.379 e. The highest BCUT2D eigenvalue weighted by atomic mass is 16.5. The number of nitrogens with zero attached hydrogens (tertiary/aromatic N) is 1. The first-order chi connectivity index (χ1) is 6.45. The number of anilines is 1. The fourth-order valence-electron chi connectivity index (χ4n) is 1.51. The van der Waals surface area contributed by atoms with Crippen molar-refractivity contribution in [2.75, 3.05) is 18.5 Å². The number of aromatic nitrogens is 1. The van der Waals surface area contributed by atoms with Crippen LogP contribution in [0.3, 0.4) is 0 Å². The molecule has 0 saturated carbocycles. The molecule has 1 saturated heterocycles. The summed E-state index contributed by atoms with van der Waals surface area (Å²) in [5.74, 6) is 0.943. The SMILES string of the molecule is c1ccc(NC2CCCOC2)nc1. The lowest BCUT2D eigenvalue weighted by Crippen LogP contribution is -2.30. The summed E-state index contributed by atoms with van der Waals surface area (Å²) in [6.07, 6.45) is 4.12. The van der Waals surface area contributed by atoms with Gasteiger partial charge in [-0.25, -0.2) is 4.98 Å². The lowest BCUT2D eigenvalue weighted by Gasteiger charge is -2.23. The highest BCUT2D eigenvalue weighted by Crippen LogP contribution is 2.11. The number of ether oxygens (including phenoxy) is 1. The van der Waals surface area contributed by atoms with Gasteiger partial charge in [0, 0.05) is 12.8 Å². The largest absolute Gasteiger partial charge is 0.379 e. The molecule has 1 aromatic rings. The van der Waals surface area contributed by atoms with Gasteiger partial charge >= 0.3 is 0 Å². The molecule has 2 rings (SSSR count). The molecule has 13 heavy (non-hydrogen) atoms. The van der Waals surface area contributed by atoms with Crippen LogP contribution in [-0.4, -0.2) is 24.2 Å². The Bertz CT molecular complexity index is 244. The van der Waals surface area contributed by atoms with Crippen molar-refractivity contribution in [2.24, 2.45) is 0 Å². The van der Waals surface area contributed by atoms with Gasteiger partial charge in [-0.3, -0.25) is 0 Å². The zero-order valence-corrected chi connectivity index (χ0v) is 7.57. The van der Waals surface area contributed by atoms with Gasteiger partial charge in [0.05, 0.1) is 12.6 Å². The molecule has 0 aliphatic carbocycles. The Kier molecular flexibility index (Phi) is 2.77. The van der Waals surface area contributed by atoms with Crippen molar-refractivity contribution < 1.29 is 4.74 Å². The zero-order chi connectivity index (χ0) is 8.93. The molecular formula is C10H14N2O. The van der Waals surface area contributed by atoms with Crippen LogP contribution < -0.4 is 5.32 Å². The molecule has 1 fully saturated rings. The average Bonchev–Trinajstić information content (AvgIpc) is 2.21. The molecule has 3 heteroatoms. The van der Waals surface area contributed by atoms with E-state index >= 15 is 0 Å². The molecule has 0 spiro atoms. The van der Waals surface area contributed by atoms with E-state index in [0.717, 1.165) is 25.5 Å². The highest BCUT2D eigenvalue weighted by Gasteiger charge is 2.13. The van der Waals surface area contributed by atoms with Gasteiger partial charge in [0.25, 0.3) is 0 Å². The third-order valence-corrected chi connectivity index (χ3v) is 2.18. The molecular weight excluding hydrogens is 164 g/mol. The van der Waals surface area contributed by atoms with Crippen molar-refractivity contribution in [1.82, 2.24) is 4.98 Å². The van der Waals surface area contributed by atoms with E-state index < -0.39 is 0 Å². The third-order valence-electron chi connectivity index (χ3n) is 2.18. The van der Waals surface area contributed by atoms with Crippen molar-refractivity contribution in [3.05, 3.63) is 24.4 Å². The van der Waals surface area contributed by atoms with Gasteiger partial charge in [-0.2, -0.15) is 0 Å². The molecule has 0 amide bonds. The van der Waals surface area contributed by atoms with E-state index in [4.69, 9.17) is 4.74 Å². The van der Waals surface area contributed by atoms with Gasteiger partial charge in [-0.15, -0.1) is 0 Å². The maximum atomic E-state index is 5.36. The van der Waals surface area contributed by atoms with E-state index in [1.165, 1.54) is 6.42 Å². The van der Waals surface area contributed by atoms with Crippen molar-refractivity contribution in [3.8, 4) is 0 Å². The molecule has 70 valence electrons. The van der Waals surface area contributed by atoms with Crippen LogP contribution in [-0.2, 0) is 4.74 Å². The minimum atomic E-state index is 0.434. The predicted octanol–water partition coefficient (Wildman–Crippen LogP) is 1.67. The van der Waals surface area contributed by atoms with Crippen LogP contribution in [0.25, 0.3) is 0 Å². The van der Waals surface area contributed by atoms with Crippen LogP contribution >= 0.6 is 0 Å². The van der Waals surface area contributed by atoms with E-state index in [1.807, 2.05) is 18.2 Å². The predicted molar refractivity (Wildman–Crippen MR) is 51.7 cm³/mol. The van der Waals surface area contributed by atoms with E-state index in [0.29, 0.717) is 6.04 Å². The third kappa shape index (κ3) is 2.42. The van der Waals surface area contributed by atoms with Crippen LogP contribution in [0, 0.1) is 0 Å². The van der Waals surface area contributed by atoms with Crippen molar-refractivity contribution in [2.45, 2.75) is 18.9 Å². The number of rotatable bonds is 2. The summed E-state index contributed by atoms with van der Waals surface area (Å²) in [4.78, 5) is 4.21. The summed E-state index contributed by atoms with van der Waals surface area (Å²) >= 11 is 0.